The topological polar surface area (TPSA) is 62.9 Å². The van der Waals surface area contributed by atoms with Gasteiger partial charge in [0.1, 0.15) is 12.2 Å². The molecule has 0 aliphatic carbocycles. The number of furan rings is 1. The number of piperidine rings is 1. The Hall–Kier alpha value is -1.85. The number of aliphatic hydroxyl groups excluding tert-OH is 1. The number of nitrogens with zero attached hydrogens (tertiary/aromatic N) is 1. The highest BCUT2D eigenvalue weighted by molar-refractivity contribution is 5.78. The molecule has 1 saturated heterocycles. The van der Waals surface area contributed by atoms with Gasteiger partial charge in [0.25, 0.3) is 0 Å². The second kappa shape index (κ2) is 6.94. The van der Waals surface area contributed by atoms with Crippen LogP contribution in [0.1, 0.15) is 18.4 Å². The zero-order chi connectivity index (χ0) is 15.4. The average Bonchev–Trinajstić information content (AvgIpc) is 2.99. The number of rotatable bonds is 5. The molecule has 2 aromatic rings. The van der Waals surface area contributed by atoms with Crippen molar-refractivity contribution in [1.29, 1.82) is 0 Å². The summed E-state index contributed by atoms with van der Waals surface area (Å²) in [5.41, 5.74) is 2.05. The van der Waals surface area contributed by atoms with Crippen molar-refractivity contribution in [2.75, 3.05) is 26.3 Å². The minimum atomic E-state index is -0.261. The highest BCUT2D eigenvalue weighted by Gasteiger charge is 2.20. The molecule has 0 saturated carbocycles. The molecule has 5 nitrogen and oxygen atoms in total. The molecule has 2 heterocycles. The second-order valence-corrected chi connectivity index (χ2v) is 5.71. The minimum absolute atomic E-state index is 0.0113. The van der Waals surface area contributed by atoms with E-state index < -0.39 is 0 Å². The maximum Gasteiger partial charge on any atom is 0.248 e. The maximum absolute atomic E-state index is 12.0. The van der Waals surface area contributed by atoms with Gasteiger partial charge in [0, 0.05) is 18.5 Å². The Bertz CT molecular complexity index is 628. The highest BCUT2D eigenvalue weighted by Crippen LogP contribution is 2.17. The normalized spacial score (nSPS) is 16.3. The first-order valence-electron chi connectivity index (χ1n) is 7.72. The lowest BCUT2D eigenvalue weighted by Crippen LogP contribution is -2.41. The van der Waals surface area contributed by atoms with Crippen LogP contribution in [0.3, 0.4) is 0 Å². The molecule has 1 amide bonds. The molecule has 0 radical (unpaired) electrons. The Balaban J connectivity index is 1.40. The molecule has 1 aliphatic heterocycles. The number of likely N-dealkylation sites (tertiary alicyclic amines) is 1. The summed E-state index contributed by atoms with van der Waals surface area (Å²) in [7, 11) is 0. The first kappa shape index (κ1) is 15.1. The highest BCUT2D eigenvalue weighted by atomic mass is 16.5. The first-order valence-corrected chi connectivity index (χ1v) is 7.72. The van der Waals surface area contributed by atoms with Crippen molar-refractivity contribution >= 4 is 16.9 Å². The van der Waals surface area contributed by atoms with Crippen LogP contribution in [0.25, 0.3) is 11.0 Å². The van der Waals surface area contributed by atoms with E-state index >= 15 is 0 Å². The van der Waals surface area contributed by atoms with E-state index in [9.17, 15) is 9.90 Å². The van der Waals surface area contributed by atoms with Gasteiger partial charge in [-0.25, -0.2) is 0 Å². The summed E-state index contributed by atoms with van der Waals surface area (Å²) in [5, 5.41) is 10.5. The van der Waals surface area contributed by atoms with E-state index in [0.717, 1.165) is 17.4 Å². The van der Waals surface area contributed by atoms with Crippen molar-refractivity contribution < 1.29 is 19.1 Å². The van der Waals surface area contributed by atoms with Crippen molar-refractivity contribution in [2.45, 2.75) is 25.4 Å². The molecule has 0 bridgehead atoms. The van der Waals surface area contributed by atoms with Crippen molar-refractivity contribution in [1.82, 2.24) is 4.90 Å². The summed E-state index contributed by atoms with van der Waals surface area (Å²) in [6.45, 7) is 1.89. The van der Waals surface area contributed by atoms with Gasteiger partial charge in [0.15, 0.2) is 0 Å². The molecular formula is C17H21NO4. The number of ether oxygens (including phenoxy) is 1. The Kier molecular flexibility index (Phi) is 4.75. The predicted octanol–water partition coefficient (Wildman–Crippen LogP) is 1.98. The minimum Gasteiger partial charge on any atom is -0.464 e. The lowest BCUT2D eigenvalue weighted by atomic mass is 10.1. The monoisotopic (exact) mass is 303 g/mol. The van der Waals surface area contributed by atoms with Crippen LogP contribution in [0.2, 0.25) is 0 Å². The lowest BCUT2D eigenvalue weighted by molar-refractivity contribution is -0.138. The number of carbonyl (C=O) groups is 1. The van der Waals surface area contributed by atoms with Crippen LogP contribution in [0.4, 0.5) is 0 Å². The van der Waals surface area contributed by atoms with Gasteiger partial charge >= 0.3 is 0 Å². The number of benzene rings is 1. The van der Waals surface area contributed by atoms with Crippen LogP contribution in [0, 0.1) is 0 Å². The molecule has 0 unspecified atom stereocenters. The summed E-state index contributed by atoms with van der Waals surface area (Å²) in [4.78, 5) is 13.7. The Labute approximate surface area is 129 Å². The Morgan fingerprint density at radius 3 is 2.95 bits per heavy atom. The van der Waals surface area contributed by atoms with Crippen molar-refractivity contribution in [3.8, 4) is 0 Å². The van der Waals surface area contributed by atoms with Gasteiger partial charge < -0.3 is 19.2 Å². The summed E-state index contributed by atoms with van der Waals surface area (Å²) >= 11 is 0. The summed E-state index contributed by atoms with van der Waals surface area (Å²) < 4.78 is 10.8. The van der Waals surface area contributed by atoms with Gasteiger partial charge in [-0.2, -0.15) is 0 Å². The third-order valence-electron chi connectivity index (χ3n) is 4.09. The standard InChI is InChI=1S/C17H21NO4/c19-15-3-7-18(8-4-15)17(20)12-21-9-5-13-1-2-16-14(11-13)6-10-22-16/h1-2,6,10-11,15,19H,3-5,7-9,12H2. The van der Waals surface area contributed by atoms with E-state index in [2.05, 4.69) is 6.07 Å². The first-order chi connectivity index (χ1) is 10.7. The number of carbonyl (C=O) groups excluding carboxylic acids is 1. The Morgan fingerprint density at radius 1 is 1.32 bits per heavy atom. The summed E-state index contributed by atoms with van der Waals surface area (Å²) in [6, 6.07) is 7.99. The Morgan fingerprint density at radius 2 is 2.14 bits per heavy atom. The van der Waals surface area contributed by atoms with E-state index in [1.807, 2.05) is 18.2 Å². The smallest absolute Gasteiger partial charge is 0.248 e. The fourth-order valence-electron chi connectivity index (χ4n) is 2.73. The average molecular weight is 303 g/mol. The third kappa shape index (κ3) is 3.67. The van der Waals surface area contributed by atoms with Gasteiger partial charge in [-0.3, -0.25) is 4.79 Å². The molecule has 1 fully saturated rings. The maximum atomic E-state index is 12.0. The predicted molar refractivity (Wildman–Crippen MR) is 82.6 cm³/mol. The van der Waals surface area contributed by atoms with Crippen LogP contribution in [0.5, 0.6) is 0 Å². The van der Waals surface area contributed by atoms with Crippen LogP contribution in [-0.4, -0.2) is 48.3 Å². The third-order valence-corrected chi connectivity index (χ3v) is 4.09. The molecule has 1 aromatic carbocycles. The molecule has 1 aliphatic rings. The quantitative estimate of drug-likeness (QED) is 0.858. The number of hydrogen-bond acceptors (Lipinski definition) is 4. The number of hydrogen-bond donors (Lipinski definition) is 1. The SMILES string of the molecule is O=C(COCCc1ccc2occc2c1)N1CCC(O)CC1. The fraction of sp³-hybridized carbons (Fsp3) is 0.471. The molecule has 1 N–H and O–H groups in total. The fourth-order valence-corrected chi connectivity index (χ4v) is 2.73. The summed E-state index contributed by atoms with van der Waals surface area (Å²) in [5.74, 6) is 0.0113. The molecule has 1 aromatic heterocycles. The van der Waals surface area contributed by atoms with Gasteiger partial charge in [0.05, 0.1) is 19.0 Å². The van der Waals surface area contributed by atoms with Crippen LogP contribution < -0.4 is 0 Å². The molecular weight excluding hydrogens is 282 g/mol. The second-order valence-electron chi connectivity index (χ2n) is 5.71. The van der Waals surface area contributed by atoms with E-state index in [1.54, 1.807) is 11.2 Å². The zero-order valence-electron chi connectivity index (χ0n) is 12.5. The van der Waals surface area contributed by atoms with E-state index in [4.69, 9.17) is 9.15 Å². The zero-order valence-corrected chi connectivity index (χ0v) is 12.5. The van der Waals surface area contributed by atoms with Crippen molar-refractivity contribution in [3.63, 3.8) is 0 Å². The molecule has 3 rings (SSSR count). The van der Waals surface area contributed by atoms with E-state index in [1.165, 1.54) is 5.56 Å². The number of amides is 1. The van der Waals surface area contributed by atoms with Crippen molar-refractivity contribution in [2.24, 2.45) is 0 Å². The number of aliphatic hydroxyl groups is 1. The van der Waals surface area contributed by atoms with Crippen LogP contribution >= 0.6 is 0 Å². The molecule has 118 valence electrons. The van der Waals surface area contributed by atoms with Gasteiger partial charge in [-0.05, 0) is 43.0 Å². The van der Waals surface area contributed by atoms with E-state index in [-0.39, 0.29) is 18.6 Å². The van der Waals surface area contributed by atoms with Gasteiger partial charge in [-0.1, -0.05) is 6.07 Å². The molecule has 22 heavy (non-hydrogen) atoms. The molecule has 0 spiro atoms. The van der Waals surface area contributed by atoms with Crippen LogP contribution in [0.15, 0.2) is 34.9 Å². The van der Waals surface area contributed by atoms with E-state index in [0.29, 0.717) is 32.5 Å². The lowest BCUT2D eigenvalue weighted by Gasteiger charge is -2.29. The van der Waals surface area contributed by atoms with Crippen LogP contribution in [-0.2, 0) is 16.0 Å². The van der Waals surface area contributed by atoms with Gasteiger partial charge in [-0.15, -0.1) is 0 Å². The molecule has 0 atom stereocenters. The van der Waals surface area contributed by atoms with Crippen molar-refractivity contribution in [3.05, 3.63) is 36.1 Å². The largest absolute Gasteiger partial charge is 0.464 e. The van der Waals surface area contributed by atoms with Gasteiger partial charge in [0.2, 0.25) is 5.91 Å². The summed E-state index contributed by atoms with van der Waals surface area (Å²) in [6.07, 6.45) is 3.52. The number of fused-ring (bicyclic) bond motifs is 1. The molecule has 5 heteroatoms.